The molecular weight excluding hydrogens is 619 g/mol. The molecule has 0 bridgehead atoms. The Bertz CT molecular complexity index is 2780. The van der Waals surface area contributed by atoms with Crippen molar-refractivity contribution < 1.29 is 4.42 Å². The van der Waals surface area contributed by atoms with E-state index >= 15 is 0 Å². The van der Waals surface area contributed by atoms with Crippen molar-refractivity contribution in [1.29, 1.82) is 0 Å². The molecule has 0 fully saturated rings. The van der Waals surface area contributed by atoms with Crippen molar-refractivity contribution in [2.45, 2.75) is 19.3 Å². The standard InChI is InChI=1S/C49H35NO/c1-49(2)43-20-7-5-16-40(43)41-19-10-21-44(48(41)49)50(38-15-9-14-35(31-38)36-25-24-32-12-3-4-13-34(32)30-36)37-28-26-33(27-29-37)39-18-11-23-46-47(39)42-17-6-8-22-45(42)51-46/h3-31H,1-2H3. The molecule has 1 aliphatic carbocycles. The molecule has 0 saturated carbocycles. The van der Waals surface area contributed by atoms with Gasteiger partial charge in [0.05, 0.1) is 5.69 Å². The molecule has 0 spiro atoms. The third-order valence-electron chi connectivity index (χ3n) is 10.8. The Morgan fingerprint density at radius 3 is 2.02 bits per heavy atom. The number of anilines is 3. The summed E-state index contributed by atoms with van der Waals surface area (Å²) in [5.41, 5.74) is 15.1. The van der Waals surface area contributed by atoms with Crippen LogP contribution >= 0.6 is 0 Å². The van der Waals surface area contributed by atoms with Crippen molar-refractivity contribution in [3.8, 4) is 33.4 Å². The van der Waals surface area contributed by atoms with Crippen LogP contribution in [0.25, 0.3) is 66.1 Å². The molecule has 0 N–H and O–H groups in total. The van der Waals surface area contributed by atoms with E-state index in [-0.39, 0.29) is 5.41 Å². The van der Waals surface area contributed by atoms with Gasteiger partial charge >= 0.3 is 0 Å². The lowest BCUT2D eigenvalue weighted by Crippen LogP contribution is -2.20. The van der Waals surface area contributed by atoms with Gasteiger partial charge in [0.2, 0.25) is 0 Å². The molecule has 2 heteroatoms. The molecule has 2 nitrogen and oxygen atoms in total. The molecular formula is C49H35NO. The van der Waals surface area contributed by atoms with Crippen LogP contribution in [-0.2, 0) is 5.41 Å². The van der Waals surface area contributed by atoms with Crippen LogP contribution in [0.3, 0.4) is 0 Å². The zero-order valence-corrected chi connectivity index (χ0v) is 28.6. The Hall–Kier alpha value is -6.38. The van der Waals surface area contributed by atoms with Gasteiger partial charge in [0.1, 0.15) is 11.2 Å². The Labute approximate surface area is 297 Å². The Balaban J connectivity index is 1.15. The van der Waals surface area contributed by atoms with Crippen LogP contribution in [0.4, 0.5) is 17.1 Å². The van der Waals surface area contributed by atoms with Crippen molar-refractivity contribution in [1.82, 2.24) is 0 Å². The van der Waals surface area contributed by atoms with Gasteiger partial charge < -0.3 is 9.32 Å². The van der Waals surface area contributed by atoms with Crippen molar-refractivity contribution in [2.24, 2.45) is 0 Å². The Morgan fingerprint density at radius 2 is 1.12 bits per heavy atom. The fraction of sp³-hybridized carbons (Fsp3) is 0.0612. The van der Waals surface area contributed by atoms with E-state index in [0.29, 0.717) is 0 Å². The largest absolute Gasteiger partial charge is 0.456 e. The van der Waals surface area contributed by atoms with Crippen LogP contribution in [0.5, 0.6) is 0 Å². The average Bonchev–Trinajstić information content (AvgIpc) is 3.68. The van der Waals surface area contributed by atoms with E-state index < -0.39 is 0 Å². The highest BCUT2D eigenvalue weighted by molar-refractivity contribution is 6.12. The van der Waals surface area contributed by atoms with E-state index in [1.165, 1.54) is 55.4 Å². The van der Waals surface area contributed by atoms with Crippen molar-refractivity contribution in [2.75, 3.05) is 4.90 Å². The maximum atomic E-state index is 6.24. The first-order valence-corrected chi connectivity index (χ1v) is 17.7. The number of nitrogens with zero attached hydrogens (tertiary/aromatic N) is 1. The number of para-hydroxylation sites is 1. The monoisotopic (exact) mass is 653 g/mol. The third kappa shape index (κ3) is 4.64. The number of furan rings is 1. The highest BCUT2D eigenvalue weighted by atomic mass is 16.3. The summed E-state index contributed by atoms with van der Waals surface area (Å²) in [5.74, 6) is 0. The second-order valence-electron chi connectivity index (χ2n) is 14.1. The maximum Gasteiger partial charge on any atom is 0.136 e. The zero-order chi connectivity index (χ0) is 34.1. The third-order valence-corrected chi connectivity index (χ3v) is 10.8. The maximum absolute atomic E-state index is 6.24. The van der Waals surface area contributed by atoms with E-state index in [1.54, 1.807) is 0 Å². The minimum Gasteiger partial charge on any atom is -0.456 e. The molecule has 8 aromatic carbocycles. The van der Waals surface area contributed by atoms with Crippen LogP contribution in [0.1, 0.15) is 25.0 Å². The number of fused-ring (bicyclic) bond motifs is 7. The molecule has 0 amide bonds. The van der Waals surface area contributed by atoms with Crippen LogP contribution in [0, 0.1) is 0 Å². The SMILES string of the molecule is CC1(C)c2ccccc2-c2cccc(N(c3ccc(-c4cccc5oc6ccccc6c45)cc3)c3cccc(-c4ccc5ccccc5c4)c3)c21. The molecule has 1 heterocycles. The summed E-state index contributed by atoms with van der Waals surface area (Å²) in [6, 6.07) is 63.7. The van der Waals surface area contributed by atoms with E-state index in [4.69, 9.17) is 4.42 Å². The first-order valence-electron chi connectivity index (χ1n) is 17.7. The predicted molar refractivity (Wildman–Crippen MR) is 214 cm³/mol. The van der Waals surface area contributed by atoms with Crippen molar-refractivity contribution >= 4 is 49.8 Å². The van der Waals surface area contributed by atoms with Gasteiger partial charge in [-0.15, -0.1) is 0 Å². The molecule has 0 saturated heterocycles. The Kier molecular flexibility index (Phi) is 6.56. The van der Waals surface area contributed by atoms with Gasteiger partial charge in [-0.3, -0.25) is 0 Å². The smallest absolute Gasteiger partial charge is 0.136 e. The topological polar surface area (TPSA) is 16.4 Å². The van der Waals surface area contributed by atoms with Crippen LogP contribution < -0.4 is 4.90 Å². The Morgan fingerprint density at radius 1 is 0.451 bits per heavy atom. The summed E-state index contributed by atoms with van der Waals surface area (Å²) >= 11 is 0. The van der Waals surface area contributed by atoms with Gasteiger partial charge in [-0.2, -0.15) is 0 Å². The summed E-state index contributed by atoms with van der Waals surface area (Å²) in [4.78, 5) is 2.45. The summed E-state index contributed by atoms with van der Waals surface area (Å²) in [6.45, 7) is 4.73. The lowest BCUT2D eigenvalue weighted by Gasteiger charge is -2.32. The molecule has 1 aliphatic rings. The first kappa shape index (κ1) is 29.5. The average molecular weight is 654 g/mol. The molecule has 0 unspecified atom stereocenters. The molecule has 242 valence electrons. The molecule has 10 rings (SSSR count). The van der Waals surface area contributed by atoms with Crippen LogP contribution in [-0.4, -0.2) is 0 Å². The van der Waals surface area contributed by atoms with E-state index in [9.17, 15) is 0 Å². The summed E-state index contributed by atoms with van der Waals surface area (Å²) < 4.78 is 6.24. The fourth-order valence-corrected chi connectivity index (χ4v) is 8.43. The molecule has 0 radical (unpaired) electrons. The van der Waals surface area contributed by atoms with Gasteiger partial charge in [-0.25, -0.2) is 0 Å². The fourth-order valence-electron chi connectivity index (χ4n) is 8.43. The lowest BCUT2D eigenvalue weighted by molar-refractivity contribution is 0.661. The number of rotatable bonds is 5. The summed E-state index contributed by atoms with van der Waals surface area (Å²) in [7, 11) is 0. The highest BCUT2D eigenvalue weighted by Crippen LogP contribution is 2.54. The van der Waals surface area contributed by atoms with E-state index in [1.807, 2.05) is 12.1 Å². The first-order chi connectivity index (χ1) is 25.0. The van der Waals surface area contributed by atoms with Gasteiger partial charge in [-0.05, 0) is 104 Å². The normalized spacial score (nSPS) is 13.1. The molecule has 51 heavy (non-hydrogen) atoms. The number of benzene rings is 8. The quantitative estimate of drug-likeness (QED) is 0.184. The lowest BCUT2D eigenvalue weighted by atomic mass is 9.81. The summed E-state index contributed by atoms with van der Waals surface area (Å²) in [6.07, 6.45) is 0. The van der Waals surface area contributed by atoms with E-state index in [2.05, 4.69) is 183 Å². The zero-order valence-electron chi connectivity index (χ0n) is 28.6. The van der Waals surface area contributed by atoms with Gasteiger partial charge in [0, 0.05) is 27.6 Å². The minimum absolute atomic E-state index is 0.172. The number of hydrogen-bond acceptors (Lipinski definition) is 2. The molecule has 1 aromatic heterocycles. The van der Waals surface area contributed by atoms with Crippen LogP contribution in [0.15, 0.2) is 180 Å². The second-order valence-corrected chi connectivity index (χ2v) is 14.1. The van der Waals surface area contributed by atoms with Gasteiger partial charge in [0.25, 0.3) is 0 Å². The van der Waals surface area contributed by atoms with E-state index in [0.717, 1.165) is 38.9 Å². The molecule has 9 aromatic rings. The molecule has 0 aliphatic heterocycles. The second kappa shape index (κ2) is 11.3. The molecule has 0 atom stereocenters. The number of hydrogen-bond donors (Lipinski definition) is 0. The van der Waals surface area contributed by atoms with Crippen molar-refractivity contribution in [3.63, 3.8) is 0 Å². The minimum atomic E-state index is -0.172. The van der Waals surface area contributed by atoms with Gasteiger partial charge in [0.15, 0.2) is 0 Å². The summed E-state index contributed by atoms with van der Waals surface area (Å²) in [5, 5.41) is 4.79. The predicted octanol–water partition coefficient (Wildman–Crippen LogP) is 13.8. The van der Waals surface area contributed by atoms with Crippen molar-refractivity contribution in [3.05, 3.63) is 187 Å². The highest BCUT2D eigenvalue weighted by Gasteiger charge is 2.38. The van der Waals surface area contributed by atoms with Gasteiger partial charge in [-0.1, -0.05) is 141 Å². The van der Waals surface area contributed by atoms with Crippen LogP contribution in [0.2, 0.25) is 0 Å².